The summed E-state index contributed by atoms with van der Waals surface area (Å²) >= 11 is 1.77. The van der Waals surface area contributed by atoms with Gasteiger partial charge in [0.25, 0.3) is 0 Å². The van der Waals surface area contributed by atoms with Gasteiger partial charge in [0.05, 0.1) is 33.0 Å². The van der Waals surface area contributed by atoms with Crippen LogP contribution in [0.4, 0.5) is 5.69 Å². The fraction of sp³-hybridized carbons (Fsp3) is 0.625. The van der Waals surface area contributed by atoms with Crippen LogP contribution in [0.2, 0.25) is 0 Å². The van der Waals surface area contributed by atoms with Crippen molar-refractivity contribution in [2.75, 3.05) is 51.1 Å². The van der Waals surface area contributed by atoms with Crippen molar-refractivity contribution in [1.82, 2.24) is 0 Å². The van der Waals surface area contributed by atoms with Gasteiger partial charge in [-0.3, -0.25) is 0 Å². The highest BCUT2D eigenvalue weighted by atomic mass is 32.2. The van der Waals surface area contributed by atoms with Crippen LogP contribution < -0.4 is 5.73 Å². The Morgan fingerprint density at radius 1 is 0.857 bits per heavy atom. The molecule has 1 aromatic carbocycles. The van der Waals surface area contributed by atoms with Crippen molar-refractivity contribution in [3.8, 4) is 0 Å². The lowest BCUT2D eigenvalue weighted by Gasteiger charge is -2.06. The molecule has 0 aromatic heterocycles. The van der Waals surface area contributed by atoms with E-state index in [2.05, 4.69) is 6.92 Å². The molecule has 0 saturated heterocycles. The molecule has 0 spiro atoms. The number of hydrogen-bond acceptors (Lipinski definition) is 5. The van der Waals surface area contributed by atoms with Crippen LogP contribution in [-0.2, 0) is 14.2 Å². The number of ether oxygens (including phenoxy) is 3. The van der Waals surface area contributed by atoms with Gasteiger partial charge in [0, 0.05) is 22.9 Å². The van der Waals surface area contributed by atoms with Crippen LogP contribution in [0.1, 0.15) is 19.8 Å². The SMILES string of the molecule is CCCCOCCOCCOCCSc1ccc(N)cc1. The van der Waals surface area contributed by atoms with Crippen LogP contribution in [0.25, 0.3) is 0 Å². The fourth-order valence-electron chi connectivity index (χ4n) is 1.57. The number of anilines is 1. The first-order chi connectivity index (χ1) is 10.3. The van der Waals surface area contributed by atoms with Gasteiger partial charge < -0.3 is 19.9 Å². The van der Waals surface area contributed by atoms with E-state index in [0.29, 0.717) is 26.4 Å². The molecule has 0 bridgehead atoms. The Balaban J connectivity index is 1.81. The van der Waals surface area contributed by atoms with Gasteiger partial charge in [-0.1, -0.05) is 13.3 Å². The third-order valence-corrected chi connectivity index (χ3v) is 3.74. The van der Waals surface area contributed by atoms with Gasteiger partial charge in [-0.25, -0.2) is 0 Å². The molecule has 0 aliphatic heterocycles. The molecule has 0 unspecified atom stereocenters. The minimum absolute atomic E-state index is 0.629. The summed E-state index contributed by atoms with van der Waals surface area (Å²) in [5, 5.41) is 0. The molecule has 1 aromatic rings. The summed E-state index contributed by atoms with van der Waals surface area (Å²) in [5.41, 5.74) is 6.44. The minimum atomic E-state index is 0.629. The van der Waals surface area contributed by atoms with E-state index in [1.54, 1.807) is 11.8 Å². The maximum atomic E-state index is 5.64. The zero-order valence-electron chi connectivity index (χ0n) is 12.9. The molecule has 0 aliphatic carbocycles. The Labute approximate surface area is 132 Å². The van der Waals surface area contributed by atoms with E-state index in [-0.39, 0.29) is 0 Å². The van der Waals surface area contributed by atoms with E-state index < -0.39 is 0 Å². The molecule has 1 rings (SSSR count). The summed E-state index contributed by atoms with van der Waals surface area (Å²) in [6, 6.07) is 7.89. The highest BCUT2D eigenvalue weighted by molar-refractivity contribution is 7.99. The van der Waals surface area contributed by atoms with Gasteiger partial charge in [0.15, 0.2) is 0 Å². The average Bonchev–Trinajstić information content (AvgIpc) is 2.50. The molecule has 21 heavy (non-hydrogen) atoms. The van der Waals surface area contributed by atoms with Gasteiger partial charge in [-0.05, 0) is 30.7 Å². The third-order valence-electron chi connectivity index (χ3n) is 2.76. The highest BCUT2D eigenvalue weighted by Crippen LogP contribution is 2.18. The molecule has 0 saturated carbocycles. The van der Waals surface area contributed by atoms with Crippen molar-refractivity contribution in [2.24, 2.45) is 0 Å². The molecule has 120 valence electrons. The monoisotopic (exact) mass is 313 g/mol. The van der Waals surface area contributed by atoms with Crippen molar-refractivity contribution in [3.05, 3.63) is 24.3 Å². The van der Waals surface area contributed by atoms with Crippen LogP contribution in [0, 0.1) is 0 Å². The standard InChI is InChI=1S/C16H27NO3S/c1-2-3-8-18-9-10-19-11-12-20-13-14-21-16-6-4-15(17)5-7-16/h4-7H,2-3,8-14,17H2,1H3. The second-order valence-corrected chi connectivity index (χ2v) is 5.78. The van der Waals surface area contributed by atoms with E-state index in [9.17, 15) is 0 Å². The molecular formula is C16H27NO3S. The Morgan fingerprint density at radius 2 is 1.43 bits per heavy atom. The molecule has 0 atom stereocenters. The molecule has 0 aliphatic rings. The lowest BCUT2D eigenvalue weighted by Crippen LogP contribution is -2.10. The van der Waals surface area contributed by atoms with Crippen molar-refractivity contribution < 1.29 is 14.2 Å². The first-order valence-electron chi connectivity index (χ1n) is 7.54. The Morgan fingerprint density at radius 3 is 2.05 bits per heavy atom. The minimum Gasteiger partial charge on any atom is -0.399 e. The maximum Gasteiger partial charge on any atom is 0.0701 e. The van der Waals surface area contributed by atoms with E-state index >= 15 is 0 Å². The average molecular weight is 313 g/mol. The highest BCUT2D eigenvalue weighted by Gasteiger charge is 1.95. The van der Waals surface area contributed by atoms with Crippen molar-refractivity contribution in [1.29, 1.82) is 0 Å². The largest absolute Gasteiger partial charge is 0.399 e. The Bertz CT molecular complexity index is 346. The lowest BCUT2D eigenvalue weighted by molar-refractivity contribution is 0.0169. The summed E-state index contributed by atoms with van der Waals surface area (Å²) in [6.07, 6.45) is 2.29. The maximum absolute atomic E-state index is 5.64. The van der Waals surface area contributed by atoms with Gasteiger partial charge >= 0.3 is 0 Å². The second-order valence-electron chi connectivity index (χ2n) is 4.61. The third kappa shape index (κ3) is 10.6. The van der Waals surface area contributed by atoms with E-state index in [4.69, 9.17) is 19.9 Å². The summed E-state index contributed by atoms with van der Waals surface area (Å²) < 4.78 is 16.3. The van der Waals surface area contributed by atoms with E-state index in [1.165, 1.54) is 11.3 Å². The molecule has 0 fully saturated rings. The summed E-state index contributed by atoms with van der Waals surface area (Å²) in [4.78, 5) is 1.22. The summed E-state index contributed by atoms with van der Waals surface area (Å²) in [7, 11) is 0. The lowest BCUT2D eigenvalue weighted by atomic mass is 10.3. The number of thioether (sulfide) groups is 1. The number of nitrogen functional groups attached to an aromatic ring is 1. The van der Waals surface area contributed by atoms with Crippen molar-refractivity contribution in [3.63, 3.8) is 0 Å². The summed E-state index contributed by atoms with van der Waals surface area (Å²) in [5.74, 6) is 0.935. The summed E-state index contributed by atoms with van der Waals surface area (Å²) in [6.45, 7) is 6.30. The smallest absolute Gasteiger partial charge is 0.0701 e. The second kappa shape index (κ2) is 13.0. The van der Waals surface area contributed by atoms with Crippen molar-refractivity contribution >= 4 is 17.4 Å². The molecule has 2 N–H and O–H groups in total. The number of nitrogens with two attached hydrogens (primary N) is 1. The molecule has 0 heterocycles. The first kappa shape index (κ1) is 18.3. The first-order valence-corrected chi connectivity index (χ1v) is 8.53. The van der Waals surface area contributed by atoms with Crippen LogP contribution in [0.3, 0.4) is 0 Å². The molecule has 4 nitrogen and oxygen atoms in total. The van der Waals surface area contributed by atoms with Crippen LogP contribution >= 0.6 is 11.8 Å². The quantitative estimate of drug-likeness (QED) is 0.344. The molecule has 0 amide bonds. The predicted octanol–water partition coefficient (Wildman–Crippen LogP) is 3.21. The van der Waals surface area contributed by atoms with Gasteiger partial charge in [0.1, 0.15) is 0 Å². The van der Waals surface area contributed by atoms with E-state index in [1.807, 2.05) is 24.3 Å². The normalized spacial score (nSPS) is 10.9. The fourth-order valence-corrected chi connectivity index (χ4v) is 2.34. The number of unbranched alkanes of at least 4 members (excludes halogenated alkanes) is 1. The number of rotatable bonds is 13. The molecular weight excluding hydrogens is 286 g/mol. The number of benzene rings is 1. The topological polar surface area (TPSA) is 53.7 Å². The van der Waals surface area contributed by atoms with Gasteiger partial charge in [-0.2, -0.15) is 0 Å². The number of hydrogen-bond donors (Lipinski definition) is 1. The zero-order chi connectivity index (χ0) is 15.2. The van der Waals surface area contributed by atoms with Crippen LogP contribution in [-0.4, -0.2) is 45.4 Å². The van der Waals surface area contributed by atoms with Crippen molar-refractivity contribution in [2.45, 2.75) is 24.7 Å². The molecule has 5 heteroatoms. The molecule has 0 radical (unpaired) electrons. The van der Waals surface area contributed by atoms with Crippen LogP contribution in [0.15, 0.2) is 29.2 Å². The van der Waals surface area contributed by atoms with E-state index in [0.717, 1.165) is 31.1 Å². The Kier molecular flexibility index (Phi) is 11.3. The van der Waals surface area contributed by atoms with Gasteiger partial charge in [0.2, 0.25) is 0 Å². The van der Waals surface area contributed by atoms with Crippen LogP contribution in [0.5, 0.6) is 0 Å². The van der Waals surface area contributed by atoms with Gasteiger partial charge in [-0.15, -0.1) is 11.8 Å². The predicted molar refractivity (Wildman–Crippen MR) is 88.9 cm³/mol. The zero-order valence-corrected chi connectivity index (χ0v) is 13.7. The Hall–Kier alpha value is -0.750.